The van der Waals surface area contributed by atoms with Crippen LogP contribution in [0.5, 0.6) is 11.6 Å². The van der Waals surface area contributed by atoms with Gasteiger partial charge in [-0.2, -0.15) is 0 Å². The van der Waals surface area contributed by atoms with E-state index in [9.17, 15) is 0 Å². The molecule has 0 saturated heterocycles. The van der Waals surface area contributed by atoms with Crippen LogP contribution in [0, 0.1) is 0 Å². The van der Waals surface area contributed by atoms with Gasteiger partial charge in [0, 0.05) is 29.4 Å². The van der Waals surface area contributed by atoms with E-state index in [-0.39, 0.29) is 0 Å². The van der Waals surface area contributed by atoms with E-state index in [2.05, 4.69) is 9.97 Å². The molecule has 0 aliphatic carbocycles. The van der Waals surface area contributed by atoms with E-state index in [1.165, 1.54) is 6.33 Å². The van der Waals surface area contributed by atoms with E-state index < -0.39 is 0 Å². The molecule has 0 bridgehead atoms. The van der Waals surface area contributed by atoms with Crippen molar-refractivity contribution in [3.63, 3.8) is 0 Å². The molecule has 16 heavy (non-hydrogen) atoms. The largest absolute Gasteiger partial charge is 0.439 e. The van der Waals surface area contributed by atoms with E-state index >= 15 is 0 Å². The summed E-state index contributed by atoms with van der Waals surface area (Å²) < 4.78 is 5.57. The maximum atomic E-state index is 5.89. The summed E-state index contributed by atoms with van der Waals surface area (Å²) in [5, 5.41) is 0.598. The van der Waals surface area contributed by atoms with Crippen molar-refractivity contribution in [1.29, 1.82) is 0 Å². The van der Waals surface area contributed by atoms with Gasteiger partial charge in [-0.25, -0.2) is 9.97 Å². The SMILES string of the molecule is NCc1ccc(Cl)cc1Oc1ccncn1. The van der Waals surface area contributed by atoms with Crippen LogP contribution in [0.3, 0.4) is 0 Å². The van der Waals surface area contributed by atoms with Crippen molar-refractivity contribution in [1.82, 2.24) is 9.97 Å². The van der Waals surface area contributed by atoms with Crippen LogP contribution in [0.1, 0.15) is 5.56 Å². The molecule has 0 unspecified atom stereocenters. The van der Waals surface area contributed by atoms with Crippen LogP contribution in [0.4, 0.5) is 0 Å². The van der Waals surface area contributed by atoms with Crippen molar-refractivity contribution < 1.29 is 4.74 Å². The van der Waals surface area contributed by atoms with Gasteiger partial charge in [-0.1, -0.05) is 17.7 Å². The van der Waals surface area contributed by atoms with Crippen LogP contribution in [0.25, 0.3) is 0 Å². The summed E-state index contributed by atoms with van der Waals surface area (Å²) in [7, 11) is 0. The highest BCUT2D eigenvalue weighted by Crippen LogP contribution is 2.26. The Balaban J connectivity index is 2.30. The molecule has 2 rings (SSSR count). The predicted octanol–water partition coefficient (Wildman–Crippen LogP) is 2.38. The van der Waals surface area contributed by atoms with E-state index in [0.29, 0.717) is 23.2 Å². The molecule has 2 aromatic rings. The van der Waals surface area contributed by atoms with Crippen molar-refractivity contribution >= 4 is 11.6 Å². The molecule has 0 radical (unpaired) electrons. The van der Waals surface area contributed by atoms with Crippen molar-refractivity contribution in [2.24, 2.45) is 5.73 Å². The number of nitrogens with two attached hydrogens (primary N) is 1. The summed E-state index contributed by atoms with van der Waals surface area (Å²) in [6, 6.07) is 6.99. The zero-order valence-corrected chi connectivity index (χ0v) is 9.19. The minimum Gasteiger partial charge on any atom is -0.439 e. The lowest BCUT2D eigenvalue weighted by Gasteiger charge is -2.08. The Morgan fingerprint density at radius 3 is 2.88 bits per heavy atom. The lowest BCUT2D eigenvalue weighted by molar-refractivity contribution is 0.456. The second-order valence-corrected chi connectivity index (χ2v) is 3.54. The Kier molecular flexibility index (Phi) is 3.34. The fourth-order valence-electron chi connectivity index (χ4n) is 1.24. The Morgan fingerprint density at radius 1 is 1.31 bits per heavy atom. The van der Waals surface area contributed by atoms with Crippen molar-refractivity contribution in [2.75, 3.05) is 0 Å². The number of hydrogen-bond acceptors (Lipinski definition) is 4. The molecule has 1 aromatic carbocycles. The van der Waals surface area contributed by atoms with E-state index in [1.54, 1.807) is 24.4 Å². The molecule has 1 aromatic heterocycles. The highest BCUT2D eigenvalue weighted by molar-refractivity contribution is 6.30. The quantitative estimate of drug-likeness (QED) is 0.887. The summed E-state index contributed by atoms with van der Waals surface area (Å²) in [6.45, 7) is 0.386. The maximum Gasteiger partial charge on any atom is 0.222 e. The molecule has 0 fully saturated rings. The minimum atomic E-state index is 0.386. The summed E-state index contributed by atoms with van der Waals surface area (Å²) >= 11 is 5.89. The average Bonchev–Trinajstić information content (AvgIpc) is 2.31. The van der Waals surface area contributed by atoms with Crippen molar-refractivity contribution in [3.05, 3.63) is 47.4 Å². The molecule has 2 N–H and O–H groups in total. The first-order chi connectivity index (χ1) is 7.79. The fourth-order valence-corrected chi connectivity index (χ4v) is 1.41. The van der Waals surface area contributed by atoms with Gasteiger partial charge in [-0.05, 0) is 12.1 Å². The van der Waals surface area contributed by atoms with Crippen LogP contribution >= 0.6 is 11.6 Å². The first-order valence-electron chi connectivity index (χ1n) is 4.72. The summed E-state index contributed by atoms with van der Waals surface area (Å²) in [4.78, 5) is 7.77. The monoisotopic (exact) mass is 235 g/mol. The topological polar surface area (TPSA) is 61.0 Å². The second-order valence-electron chi connectivity index (χ2n) is 3.11. The first-order valence-corrected chi connectivity index (χ1v) is 5.10. The third kappa shape index (κ3) is 2.48. The Labute approximate surface area is 98.0 Å². The third-order valence-corrected chi connectivity index (χ3v) is 2.25. The standard InChI is InChI=1S/C11H10ClN3O/c12-9-2-1-8(6-13)10(5-9)16-11-3-4-14-7-15-11/h1-5,7H,6,13H2. The molecule has 0 atom stereocenters. The average molecular weight is 236 g/mol. The van der Waals surface area contributed by atoms with E-state index in [0.717, 1.165) is 5.56 Å². The number of aromatic nitrogens is 2. The maximum absolute atomic E-state index is 5.89. The van der Waals surface area contributed by atoms with Gasteiger partial charge in [0.2, 0.25) is 5.88 Å². The molecule has 1 heterocycles. The number of ether oxygens (including phenoxy) is 1. The zero-order valence-electron chi connectivity index (χ0n) is 8.43. The van der Waals surface area contributed by atoms with E-state index in [4.69, 9.17) is 22.1 Å². The van der Waals surface area contributed by atoms with Crippen LogP contribution in [-0.4, -0.2) is 9.97 Å². The van der Waals surface area contributed by atoms with Crippen molar-refractivity contribution in [3.8, 4) is 11.6 Å². The molecular formula is C11H10ClN3O. The summed E-state index contributed by atoms with van der Waals surface area (Å²) in [6.07, 6.45) is 3.02. The molecule has 4 nitrogen and oxygen atoms in total. The van der Waals surface area contributed by atoms with Gasteiger partial charge < -0.3 is 10.5 Å². The smallest absolute Gasteiger partial charge is 0.222 e. The molecule has 0 saturated carbocycles. The normalized spacial score (nSPS) is 10.1. The number of hydrogen-bond donors (Lipinski definition) is 1. The lowest BCUT2D eigenvalue weighted by atomic mass is 10.2. The molecule has 0 aliphatic rings. The molecule has 82 valence electrons. The van der Waals surface area contributed by atoms with Gasteiger partial charge in [0.15, 0.2) is 0 Å². The van der Waals surface area contributed by atoms with Gasteiger partial charge >= 0.3 is 0 Å². The highest BCUT2D eigenvalue weighted by atomic mass is 35.5. The van der Waals surface area contributed by atoms with Crippen LogP contribution < -0.4 is 10.5 Å². The van der Waals surface area contributed by atoms with Gasteiger partial charge in [0.1, 0.15) is 12.1 Å². The molecule has 0 spiro atoms. The Hall–Kier alpha value is -1.65. The van der Waals surface area contributed by atoms with Gasteiger partial charge in [0.05, 0.1) is 0 Å². The summed E-state index contributed by atoms with van der Waals surface area (Å²) in [5.41, 5.74) is 6.48. The second kappa shape index (κ2) is 4.92. The van der Waals surface area contributed by atoms with Gasteiger partial charge in [-0.3, -0.25) is 0 Å². The molecule has 5 heteroatoms. The van der Waals surface area contributed by atoms with Crippen LogP contribution in [0.2, 0.25) is 5.02 Å². The first kappa shape index (κ1) is 10.9. The van der Waals surface area contributed by atoms with Gasteiger partial charge in [0.25, 0.3) is 0 Å². The number of rotatable bonds is 3. The number of nitrogens with zero attached hydrogens (tertiary/aromatic N) is 2. The highest BCUT2D eigenvalue weighted by Gasteiger charge is 2.05. The molecule has 0 amide bonds. The van der Waals surface area contributed by atoms with Crippen LogP contribution in [0.15, 0.2) is 36.8 Å². The Morgan fingerprint density at radius 2 is 2.19 bits per heavy atom. The minimum absolute atomic E-state index is 0.386. The molecule has 0 aliphatic heterocycles. The fraction of sp³-hybridized carbons (Fsp3) is 0.0909. The Bertz CT molecular complexity index is 476. The number of halogens is 1. The van der Waals surface area contributed by atoms with Crippen LogP contribution in [-0.2, 0) is 6.54 Å². The number of benzene rings is 1. The molecular weight excluding hydrogens is 226 g/mol. The zero-order chi connectivity index (χ0) is 11.4. The third-order valence-electron chi connectivity index (χ3n) is 2.02. The van der Waals surface area contributed by atoms with Crippen molar-refractivity contribution in [2.45, 2.75) is 6.54 Å². The van der Waals surface area contributed by atoms with E-state index in [1.807, 2.05) is 6.07 Å². The predicted molar refractivity (Wildman–Crippen MR) is 61.4 cm³/mol. The lowest BCUT2D eigenvalue weighted by Crippen LogP contribution is -1.99. The van der Waals surface area contributed by atoms with Gasteiger partial charge in [-0.15, -0.1) is 0 Å². The summed E-state index contributed by atoms with van der Waals surface area (Å²) in [5.74, 6) is 1.08.